The maximum atomic E-state index is 13.0. The fourth-order valence-corrected chi connectivity index (χ4v) is 5.65. The van der Waals surface area contributed by atoms with Crippen LogP contribution in [0.1, 0.15) is 36.3 Å². The van der Waals surface area contributed by atoms with Crippen LogP contribution in [0.15, 0.2) is 73.6 Å². The number of likely N-dealkylation sites (N-methyl/N-ethyl adjacent to an activating group) is 1. The van der Waals surface area contributed by atoms with Gasteiger partial charge in [-0.1, -0.05) is 6.58 Å². The van der Waals surface area contributed by atoms with Crippen LogP contribution in [-0.4, -0.2) is 78.6 Å². The molecule has 4 aromatic heterocycles. The maximum absolute atomic E-state index is 13.0. The van der Waals surface area contributed by atoms with Gasteiger partial charge in [-0.25, -0.2) is 19.0 Å². The molecule has 216 valence electrons. The molecule has 42 heavy (non-hydrogen) atoms. The van der Waals surface area contributed by atoms with E-state index in [1.54, 1.807) is 10.8 Å². The molecule has 0 saturated carbocycles. The van der Waals surface area contributed by atoms with Crippen LogP contribution in [-0.2, 0) is 4.79 Å². The highest BCUT2D eigenvalue weighted by Gasteiger charge is 2.26. The molecule has 0 bridgehead atoms. The zero-order valence-corrected chi connectivity index (χ0v) is 24.2. The number of aromatic nitrogens is 6. The normalized spacial score (nSPS) is 15.7. The van der Waals surface area contributed by atoms with Crippen molar-refractivity contribution in [2.24, 2.45) is 0 Å². The van der Waals surface area contributed by atoms with Gasteiger partial charge in [0.05, 0.1) is 0 Å². The van der Waals surface area contributed by atoms with Crippen molar-refractivity contribution < 1.29 is 9.53 Å². The average Bonchev–Trinajstić information content (AvgIpc) is 3.55. The van der Waals surface area contributed by atoms with Gasteiger partial charge in [0.15, 0.2) is 11.5 Å². The molecule has 0 spiro atoms. The molecular weight excluding hydrogens is 530 g/mol. The number of benzene rings is 1. The predicted molar refractivity (Wildman–Crippen MR) is 161 cm³/mol. The Balaban J connectivity index is 1.19. The molecule has 11 heteroatoms. The Hall–Kier alpha value is -4.77. The van der Waals surface area contributed by atoms with Crippen molar-refractivity contribution in [3.63, 3.8) is 0 Å². The van der Waals surface area contributed by atoms with Gasteiger partial charge in [-0.3, -0.25) is 4.79 Å². The number of carbonyl (C=O) groups excluding carboxylic acids is 1. The van der Waals surface area contributed by atoms with Crippen LogP contribution in [0.3, 0.4) is 0 Å². The molecule has 1 amide bonds. The molecule has 1 atom stereocenters. The predicted octanol–water partition coefficient (Wildman–Crippen LogP) is 4.83. The smallest absolute Gasteiger partial charge is 0.250 e. The molecule has 5 heterocycles. The Labute approximate surface area is 244 Å². The molecule has 1 N–H and O–H groups in total. The fraction of sp³-hybridized carbons (Fsp3) is 0.323. The standard InChI is InChI=1S/C31H35N9O2/c1-21-16-24(7-8-27(21)42-25-10-14-39-28(17-25)32-19-34-39)36-30-29-26(11-15-40(29)35-20-33-30)23-6-5-12-38(13-9-23)31(41)22(2)18-37(3)4/h7-8,10-11,14-17,19-20,23H,2,5-6,9,12-13,18H2,1,3-4H3,(H,33,35,36)/t23-/m1/s1. The van der Waals surface area contributed by atoms with Crippen molar-refractivity contribution in [1.29, 1.82) is 0 Å². The highest BCUT2D eigenvalue weighted by atomic mass is 16.5. The van der Waals surface area contributed by atoms with Crippen molar-refractivity contribution in [1.82, 2.24) is 39.0 Å². The van der Waals surface area contributed by atoms with E-state index in [9.17, 15) is 4.79 Å². The number of hydrogen-bond donors (Lipinski definition) is 1. The summed E-state index contributed by atoms with van der Waals surface area (Å²) in [6.07, 6.45) is 9.69. The van der Waals surface area contributed by atoms with Gasteiger partial charge in [0.1, 0.15) is 29.7 Å². The number of aryl methyl sites for hydroxylation is 1. The molecule has 0 unspecified atom stereocenters. The fourth-order valence-electron chi connectivity index (χ4n) is 5.65. The highest BCUT2D eigenvalue weighted by Crippen LogP contribution is 2.35. The summed E-state index contributed by atoms with van der Waals surface area (Å²) < 4.78 is 9.72. The molecule has 1 aromatic carbocycles. The van der Waals surface area contributed by atoms with Crippen LogP contribution in [0.5, 0.6) is 11.5 Å². The zero-order chi connectivity index (χ0) is 29.2. The summed E-state index contributed by atoms with van der Waals surface area (Å²) in [5.41, 5.74) is 5.39. The first-order valence-electron chi connectivity index (χ1n) is 14.1. The van der Waals surface area contributed by atoms with Crippen molar-refractivity contribution >= 4 is 28.6 Å². The Morgan fingerprint density at radius 1 is 1.05 bits per heavy atom. The van der Waals surface area contributed by atoms with Gasteiger partial charge in [-0.05, 0) is 87.7 Å². The number of carbonyl (C=O) groups is 1. The second-order valence-electron chi connectivity index (χ2n) is 11.1. The molecule has 1 aliphatic rings. The Kier molecular flexibility index (Phi) is 7.58. The second-order valence-corrected chi connectivity index (χ2v) is 11.1. The SMILES string of the molecule is C=C(CN(C)C)C(=O)N1CCC[C@@H](c2ccn3ncnc(Nc4ccc(Oc5ccn6ncnc6c5)c(C)c4)c23)CC1. The molecule has 1 fully saturated rings. The number of likely N-dealkylation sites (tertiary alicyclic amines) is 1. The van der Waals surface area contributed by atoms with E-state index in [2.05, 4.69) is 38.1 Å². The van der Waals surface area contributed by atoms with Crippen LogP contribution >= 0.6 is 0 Å². The van der Waals surface area contributed by atoms with E-state index < -0.39 is 0 Å². The van der Waals surface area contributed by atoms with E-state index in [-0.39, 0.29) is 5.91 Å². The Morgan fingerprint density at radius 3 is 2.69 bits per heavy atom. The maximum Gasteiger partial charge on any atom is 0.250 e. The van der Waals surface area contributed by atoms with Crippen LogP contribution in [0.2, 0.25) is 0 Å². The van der Waals surface area contributed by atoms with Gasteiger partial charge >= 0.3 is 0 Å². The van der Waals surface area contributed by atoms with Crippen molar-refractivity contribution in [2.75, 3.05) is 39.0 Å². The number of amides is 1. The third kappa shape index (κ3) is 5.68. The van der Waals surface area contributed by atoms with Gasteiger partial charge in [0, 0.05) is 49.4 Å². The largest absolute Gasteiger partial charge is 0.457 e. The molecule has 11 nitrogen and oxygen atoms in total. The lowest BCUT2D eigenvalue weighted by atomic mass is 9.93. The summed E-state index contributed by atoms with van der Waals surface area (Å²) in [6, 6.07) is 11.8. The number of nitrogens with zero attached hydrogens (tertiary/aromatic N) is 8. The summed E-state index contributed by atoms with van der Waals surface area (Å²) in [7, 11) is 3.90. The molecule has 0 aliphatic carbocycles. The number of pyridine rings is 1. The van der Waals surface area contributed by atoms with E-state index >= 15 is 0 Å². The average molecular weight is 566 g/mol. The summed E-state index contributed by atoms with van der Waals surface area (Å²) in [5, 5.41) is 12.1. The lowest BCUT2D eigenvalue weighted by molar-refractivity contribution is -0.127. The van der Waals surface area contributed by atoms with Crippen molar-refractivity contribution in [3.8, 4) is 11.5 Å². The number of anilines is 2. The Morgan fingerprint density at radius 2 is 1.86 bits per heavy atom. The van der Waals surface area contributed by atoms with Crippen LogP contribution in [0.25, 0.3) is 11.2 Å². The van der Waals surface area contributed by atoms with E-state index in [0.29, 0.717) is 30.3 Å². The molecular formula is C31H35N9O2. The number of fused-ring (bicyclic) bond motifs is 2. The topological polar surface area (TPSA) is 105 Å². The van der Waals surface area contributed by atoms with Crippen LogP contribution < -0.4 is 10.1 Å². The molecule has 1 saturated heterocycles. The minimum atomic E-state index is 0.0543. The number of hydrogen-bond acceptors (Lipinski definition) is 8. The number of nitrogens with one attached hydrogen (secondary N) is 1. The second kappa shape index (κ2) is 11.6. The lowest BCUT2D eigenvalue weighted by Crippen LogP contribution is -2.35. The molecule has 5 aromatic rings. The monoisotopic (exact) mass is 565 g/mol. The summed E-state index contributed by atoms with van der Waals surface area (Å²) in [5.74, 6) is 2.54. The molecule has 1 aliphatic heterocycles. The first-order valence-corrected chi connectivity index (χ1v) is 14.1. The van der Waals surface area contributed by atoms with Gasteiger partial charge in [0.2, 0.25) is 5.91 Å². The van der Waals surface area contributed by atoms with Crippen LogP contribution in [0.4, 0.5) is 11.5 Å². The third-order valence-electron chi connectivity index (χ3n) is 7.67. The first-order chi connectivity index (χ1) is 20.4. The quantitative estimate of drug-likeness (QED) is 0.267. The van der Waals surface area contributed by atoms with E-state index in [4.69, 9.17) is 4.74 Å². The molecule has 0 radical (unpaired) electrons. The van der Waals surface area contributed by atoms with Crippen molar-refractivity contribution in [2.45, 2.75) is 32.1 Å². The summed E-state index contributed by atoms with van der Waals surface area (Å²) in [6.45, 7) is 8.06. The lowest BCUT2D eigenvalue weighted by Gasteiger charge is -2.23. The molecule has 6 rings (SSSR count). The third-order valence-corrected chi connectivity index (χ3v) is 7.67. The first kappa shape index (κ1) is 27.4. The van der Waals surface area contributed by atoms with Gasteiger partial charge < -0.3 is 19.9 Å². The van der Waals surface area contributed by atoms with Crippen molar-refractivity contribution in [3.05, 3.63) is 84.7 Å². The van der Waals surface area contributed by atoms with Gasteiger partial charge in [-0.15, -0.1) is 0 Å². The van der Waals surface area contributed by atoms with Crippen LogP contribution in [0, 0.1) is 6.92 Å². The van der Waals surface area contributed by atoms with Gasteiger partial charge in [0.25, 0.3) is 0 Å². The minimum Gasteiger partial charge on any atom is -0.457 e. The summed E-state index contributed by atoms with van der Waals surface area (Å²) >= 11 is 0. The minimum absolute atomic E-state index is 0.0543. The summed E-state index contributed by atoms with van der Waals surface area (Å²) in [4.78, 5) is 25.8. The number of ether oxygens (including phenoxy) is 1. The zero-order valence-electron chi connectivity index (χ0n) is 24.2. The highest BCUT2D eigenvalue weighted by molar-refractivity contribution is 5.93. The van der Waals surface area contributed by atoms with E-state index in [0.717, 1.165) is 59.8 Å². The number of rotatable bonds is 8. The van der Waals surface area contributed by atoms with E-state index in [1.807, 2.05) is 78.1 Å². The van der Waals surface area contributed by atoms with Gasteiger partial charge in [-0.2, -0.15) is 10.2 Å². The van der Waals surface area contributed by atoms with E-state index in [1.165, 1.54) is 11.9 Å². The Bertz CT molecular complexity index is 1760.